The fraction of sp³-hybridized carbons (Fsp3) is 0.421. The molecule has 0 saturated carbocycles. The molecule has 1 N–H and O–H groups in total. The molecule has 1 aromatic carbocycles. The van der Waals surface area contributed by atoms with Crippen LogP contribution in [0.2, 0.25) is 0 Å². The third kappa shape index (κ3) is 4.11. The molecule has 27 heavy (non-hydrogen) atoms. The van der Waals surface area contributed by atoms with Crippen LogP contribution < -0.4 is 5.32 Å². The van der Waals surface area contributed by atoms with E-state index in [1.54, 1.807) is 18.2 Å². The molecule has 3 aromatic rings. The SMILES string of the molecule is CS(=O)(=O)c1ccc2ncnc(NCCCc3nc4c(s3)CCCC4)c2c1. The van der Waals surface area contributed by atoms with Crippen LogP contribution in [0, 0.1) is 0 Å². The van der Waals surface area contributed by atoms with Gasteiger partial charge in [0.1, 0.15) is 12.1 Å². The first-order valence-corrected chi connectivity index (χ1v) is 11.9. The van der Waals surface area contributed by atoms with Gasteiger partial charge in [0.2, 0.25) is 0 Å². The van der Waals surface area contributed by atoms with E-state index in [1.807, 2.05) is 11.3 Å². The van der Waals surface area contributed by atoms with Crippen molar-refractivity contribution in [2.75, 3.05) is 18.1 Å². The van der Waals surface area contributed by atoms with E-state index in [4.69, 9.17) is 4.98 Å². The van der Waals surface area contributed by atoms with Crippen molar-refractivity contribution in [1.29, 1.82) is 0 Å². The Labute approximate surface area is 163 Å². The van der Waals surface area contributed by atoms with Crippen LogP contribution >= 0.6 is 11.3 Å². The zero-order valence-electron chi connectivity index (χ0n) is 15.2. The first kappa shape index (κ1) is 18.3. The Kier molecular flexibility index (Phi) is 5.10. The van der Waals surface area contributed by atoms with Gasteiger partial charge < -0.3 is 5.32 Å². The Morgan fingerprint density at radius 2 is 2.04 bits per heavy atom. The number of sulfone groups is 1. The van der Waals surface area contributed by atoms with Crippen LogP contribution in [0.1, 0.15) is 34.8 Å². The predicted molar refractivity (Wildman–Crippen MR) is 108 cm³/mol. The van der Waals surface area contributed by atoms with Gasteiger partial charge in [-0.15, -0.1) is 11.3 Å². The lowest BCUT2D eigenvalue weighted by atomic mass is 10.0. The number of hydrogen-bond donors (Lipinski definition) is 1. The van der Waals surface area contributed by atoms with Crippen LogP contribution in [0.15, 0.2) is 29.4 Å². The molecule has 142 valence electrons. The highest BCUT2D eigenvalue weighted by atomic mass is 32.2. The number of nitrogens with one attached hydrogen (secondary N) is 1. The summed E-state index contributed by atoms with van der Waals surface area (Å²) in [6.45, 7) is 0.749. The number of thiazole rings is 1. The Morgan fingerprint density at radius 3 is 2.85 bits per heavy atom. The van der Waals surface area contributed by atoms with Crippen molar-refractivity contribution in [3.05, 3.63) is 40.1 Å². The van der Waals surface area contributed by atoms with Gasteiger partial charge in [0.15, 0.2) is 9.84 Å². The van der Waals surface area contributed by atoms with Crippen molar-refractivity contribution in [3.63, 3.8) is 0 Å². The number of benzene rings is 1. The molecule has 8 heteroatoms. The van der Waals surface area contributed by atoms with Gasteiger partial charge in [0.05, 0.1) is 21.1 Å². The molecule has 0 fully saturated rings. The van der Waals surface area contributed by atoms with E-state index in [-0.39, 0.29) is 4.90 Å². The van der Waals surface area contributed by atoms with E-state index in [2.05, 4.69) is 15.3 Å². The van der Waals surface area contributed by atoms with Gasteiger partial charge in [0, 0.05) is 29.5 Å². The van der Waals surface area contributed by atoms with Crippen LogP contribution in [-0.4, -0.2) is 36.2 Å². The molecule has 1 aliphatic carbocycles. The lowest BCUT2D eigenvalue weighted by Gasteiger charge is -2.09. The van der Waals surface area contributed by atoms with Crippen molar-refractivity contribution < 1.29 is 8.42 Å². The average molecular weight is 403 g/mol. The van der Waals surface area contributed by atoms with Gasteiger partial charge in [-0.2, -0.15) is 0 Å². The van der Waals surface area contributed by atoms with Crippen molar-refractivity contribution in [3.8, 4) is 0 Å². The van der Waals surface area contributed by atoms with Crippen molar-refractivity contribution in [2.45, 2.75) is 43.4 Å². The molecular formula is C19H22N4O2S2. The maximum Gasteiger partial charge on any atom is 0.175 e. The first-order valence-electron chi connectivity index (χ1n) is 9.17. The lowest BCUT2D eigenvalue weighted by molar-refractivity contribution is 0.602. The quantitative estimate of drug-likeness (QED) is 0.636. The second kappa shape index (κ2) is 7.52. The third-order valence-electron chi connectivity index (χ3n) is 4.78. The Morgan fingerprint density at radius 1 is 1.19 bits per heavy atom. The van der Waals surface area contributed by atoms with Gasteiger partial charge in [-0.25, -0.2) is 23.4 Å². The number of anilines is 1. The van der Waals surface area contributed by atoms with Crippen LogP contribution in [0.4, 0.5) is 5.82 Å². The van der Waals surface area contributed by atoms with Gasteiger partial charge in [-0.05, 0) is 50.3 Å². The smallest absolute Gasteiger partial charge is 0.175 e. The minimum absolute atomic E-state index is 0.279. The van der Waals surface area contributed by atoms with Crippen molar-refractivity contribution in [1.82, 2.24) is 15.0 Å². The number of fused-ring (bicyclic) bond motifs is 2. The minimum atomic E-state index is -3.26. The van der Waals surface area contributed by atoms with Gasteiger partial charge >= 0.3 is 0 Å². The van der Waals surface area contributed by atoms with E-state index < -0.39 is 9.84 Å². The summed E-state index contributed by atoms with van der Waals surface area (Å²) >= 11 is 1.86. The molecule has 0 atom stereocenters. The first-order chi connectivity index (χ1) is 13.0. The number of rotatable bonds is 6. The average Bonchev–Trinajstić information content (AvgIpc) is 3.07. The van der Waals surface area contributed by atoms with Gasteiger partial charge in [0.25, 0.3) is 0 Å². The largest absolute Gasteiger partial charge is 0.369 e. The predicted octanol–water partition coefficient (Wildman–Crippen LogP) is 3.41. The third-order valence-corrected chi connectivity index (χ3v) is 7.11. The molecule has 0 unspecified atom stereocenters. The summed E-state index contributed by atoms with van der Waals surface area (Å²) in [5, 5.41) is 5.27. The molecule has 0 saturated heterocycles. The summed E-state index contributed by atoms with van der Waals surface area (Å²) in [5.41, 5.74) is 2.04. The Bertz CT molecular complexity index is 1050. The normalized spacial score (nSPS) is 14.3. The van der Waals surface area contributed by atoms with Crippen LogP contribution in [0.5, 0.6) is 0 Å². The molecule has 0 spiro atoms. The molecule has 0 amide bonds. The van der Waals surface area contributed by atoms with E-state index in [0.717, 1.165) is 36.7 Å². The lowest BCUT2D eigenvalue weighted by Crippen LogP contribution is -2.06. The number of aryl methyl sites for hydroxylation is 3. The maximum absolute atomic E-state index is 11.8. The molecule has 0 radical (unpaired) electrons. The topological polar surface area (TPSA) is 84.8 Å². The number of nitrogens with zero attached hydrogens (tertiary/aromatic N) is 3. The number of aromatic nitrogens is 3. The van der Waals surface area contributed by atoms with Crippen LogP contribution in [0.3, 0.4) is 0 Å². The van der Waals surface area contributed by atoms with Crippen molar-refractivity contribution in [2.24, 2.45) is 0 Å². The molecule has 4 rings (SSSR count). The van der Waals surface area contributed by atoms with E-state index in [1.165, 1.54) is 47.4 Å². The zero-order valence-corrected chi connectivity index (χ0v) is 16.9. The highest BCUT2D eigenvalue weighted by molar-refractivity contribution is 7.90. The monoisotopic (exact) mass is 402 g/mol. The molecule has 0 bridgehead atoms. The summed E-state index contributed by atoms with van der Waals surface area (Å²) in [7, 11) is -3.26. The summed E-state index contributed by atoms with van der Waals surface area (Å²) < 4.78 is 23.6. The van der Waals surface area contributed by atoms with Crippen LogP contribution in [0.25, 0.3) is 10.9 Å². The molecule has 0 aliphatic heterocycles. The molecule has 1 aliphatic rings. The molecular weight excluding hydrogens is 380 g/mol. The van der Waals surface area contributed by atoms with Gasteiger partial charge in [-0.3, -0.25) is 0 Å². The fourth-order valence-corrected chi connectivity index (χ4v) is 5.21. The standard InChI is InChI=1S/C19H22N4O2S2/c1-27(24,25)13-8-9-15-14(11-13)19(22-12-21-15)20-10-4-7-18-23-16-5-2-3-6-17(16)26-18/h8-9,11-12H,2-7,10H2,1H3,(H,20,21,22). The van der Waals surface area contributed by atoms with Crippen molar-refractivity contribution >= 4 is 37.9 Å². The molecule has 2 heterocycles. The zero-order chi connectivity index (χ0) is 18.9. The fourth-order valence-electron chi connectivity index (χ4n) is 3.37. The summed E-state index contributed by atoms with van der Waals surface area (Å²) in [6.07, 6.45) is 9.45. The second-order valence-electron chi connectivity index (χ2n) is 6.89. The van der Waals surface area contributed by atoms with Gasteiger partial charge in [-0.1, -0.05) is 0 Å². The maximum atomic E-state index is 11.8. The summed E-state index contributed by atoms with van der Waals surface area (Å²) in [5.74, 6) is 0.670. The summed E-state index contributed by atoms with van der Waals surface area (Å²) in [6, 6.07) is 4.94. The minimum Gasteiger partial charge on any atom is -0.369 e. The highest BCUT2D eigenvalue weighted by Crippen LogP contribution is 2.27. The van der Waals surface area contributed by atoms with E-state index >= 15 is 0 Å². The second-order valence-corrected chi connectivity index (χ2v) is 10.1. The Hall–Kier alpha value is -2.06. The summed E-state index contributed by atoms with van der Waals surface area (Å²) in [4.78, 5) is 15.1. The molecule has 6 nitrogen and oxygen atoms in total. The van der Waals surface area contributed by atoms with Crippen LogP contribution in [-0.2, 0) is 29.1 Å². The Balaban J connectivity index is 1.43. The molecule has 2 aromatic heterocycles. The highest BCUT2D eigenvalue weighted by Gasteiger charge is 2.15. The number of hydrogen-bond acceptors (Lipinski definition) is 7. The van der Waals surface area contributed by atoms with E-state index in [0.29, 0.717) is 5.82 Å². The van der Waals surface area contributed by atoms with E-state index in [9.17, 15) is 8.42 Å².